The molecule has 4 heteroatoms. The number of aromatic nitrogens is 2. The summed E-state index contributed by atoms with van der Waals surface area (Å²) in [7, 11) is 3.96. The Morgan fingerprint density at radius 1 is 1.47 bits per heavy atom. The Hall–Kier alpha value is -1.13. The average Bonchev–Trinajstić information content (AvgIpc) is 2.96. The molecule has 0 aliphatic carbocycles. The highest BCUT2D eigenvalue weighted by Crippen LogP contribution is 2.19. The maximum Gasteiger partial charge on any atom is 0.0793 e. The summed E-state index contributed by atoms with van der Waals surface area (Å²) in [5, 5.41) is 9.94. The monoisotopic (exact) mass is 249 g/mol. The van der Waals surface area contributed by atoms with Crippen molar-refractivity contribution in [2.75, 3.05) is 7.05 Å². The van der Waals surface area contributed by atoms with Crippen molar-refractivity contribution in [2.45, 2.75) is 25.3 Å². The van der Waals surface area contributed by atoms with Crippen LogP contribution < -0.4 is 5.32 Å². The topological polar surface area (TPSA) is 29.9 Å². The Kier molecular flexibility index (Phi) is 4.34. The summed E-state index contributed by atoms with van der Waals surface area (Å²) in [5.41, 5.74) is 1.14. The molecule has 1 atom stereocenters. The van der Waals surface area contributed by atoms with E-state index in [1.165, 1.54) is 17.7 Å². The molecule has 17 heavy (non-hydrogen) atoms. The van der Waals surface area contributed by atoms with Crippen LogP contribution in [-0.4, -0.2) is 16.8 Å². The van der Waals surface area contributed by atoms with Crippen molar-refractivity contribution >= 4 is 11.3 Å². The lowest BCUT2D eigenvalue weighted by molar-refractivity contribution is 0.509. The van der Waals surface area contributed by atoms with Crippen LogP contribution in [0.25, 0.3) is 0 Å². The third-order valence-electron chi connectivity index (χ3n) is 2.94. The van der Waals surface area contributed by atoms with Crippen LogP contribution in [0.1, 0.15) is 29.5 Å². The van der Waals surface area contributed by atoms with Gasteiger partial charge in [0.15, 0.2) is 0 Å². The molecule has 1 N–H and O–H groups in total. The van der Waals surface area contributed by atoms with Crippen LogP contribution in [0.4, 0.5) is 0 Å². The van der Waals surface area contributed by atoms with Gasteiger partial charge in [0.05, 0.1) is 11.7 Å². The fourth-order valence-corrected chi connectivity index (χ4v) is 2.75. The van der Waals surface area contributed by atoms with Gasteiger partial charge in [0.2, 0.25) is 0 Å². The molecule has 0 aromatic carbocycles. The van der Waals surface area contributed by atoms with Crippen LogP contribution in [0.2, 0.25) is 0 Å². The van der Waals surface area contributed by atoms with Crippen molar-refractivity contribution in [3.8, 4) is 0 Å². The summed E-state index contributed by atoms with van der Waals surface area (Å²) in [5.74, 6) is 0. The average molecular weight is 249 g/mol. The summed E-state index contributed by atoms with van der Waals surface area (Å²) in [6.07, 6.45) is 5.50. The van der Waals surface area contributed by atoms with Crippen LogP contribution in [0.3, 0.4) is 0 Å². The number of rotatable bonds is 6. The maximum absolute atomic E-state index is 4.45. The van der Waals surface area contributed by atoms with Crippen LogP contribution >= 0.6 is 11.3 Å². The molecule has 0 spiro atoms. The lowest BCUT2D eigenvalue weighted by atomic mass is 10.1. The number of hydrogen-bond acceptors (Lipinski definition) is 3. The van der Waals surface area contributed by atoms with Crippen LogP contribution in [0.15, 0.2) is 29.8 Å². The van der Waals surface area contributed by atoms with Gasteiger partial charge in [-0.25, -0.2) is 0 Å². The molecule has 0 aliphatic rings. The summed E-state index contributed by atoms with van der Waals surface area (Å²) in [4.78, 5) is 1.47. The van der Waals surface area contributed by atoms with Crippen molar-refractivity contribution in [1.82, 2.24) is 15.1 Å². The summed E-state index contributed by atoms with van der Waals surface area (Å²) < 4.78 is 1.86. The predicted molar refractivity (Wildman–Crippen MR) is 72.3 cm³/mol. The zero-order valence-electron chi connectivity index (χ0n) is 10.4. The first kappa shape index (κ1) is 12.3. The van der Waals surface area contributed by atoms with Crippen LogP contribution in [-0.2, 0) is 13.5 Å². The minimum atomic E-state index is 0.371. The molecule has 0 saturated carbocycles. The van der Waals surface area contributed by atoms with E-state index in [0.717, 1.165) is 12.1 Å². The normalized spacial score (nSPS) is 12.8. The third-order valence-corrected chi connectivity index (χ3v) is 3.87. The fraction of sp³-hybridized carbons (Fsp3) is 0.462. The standard InChI is InChI=1S/C13H19N3S/c1-14-12(13-8-9-16(2)15-13)7-3-5-11-6-4-10-17-11/h4,6,8-10,12,14H,3,5,7H2,1-2H3. The molecule has 0 radical (unpaired) electrons. The van der Waals surface area contributed by atoms with Gasteiger partial charge in [-0.2, -0.15) is 5.10 Å². The predicted octanol–water partition coefficient (Wildman–Crippen LogP) is 2.77. The zero-order chi connectivity index (χ0) is 12.1. The molecule has 2 aromatic heterocycles. The van der Waals surface area contributed by atoms with Gasteiger partial charge in [-0.15, -0.1) is 11.3 Å². The lowest BCUT2D eigenvalue weighted by Gasteiger charge is -2.13. The van der Waals surface area contributed by atoms with Gasteiger partial charge >= 0.3 is 0 Å². The first-order valence-electron chi connectivity index (χ1n) is 5.99. The third kappa shape index (κ3) is 3.41. The molecule has 3 nitrogen and oxygen atoms in total. The molecular formula is C13H19N3S. The van der Waals surface area contributed by atoms with E-state index in [0.29, 0.717) is 6.04 Å². The highest BCUT2D eigenvalue weighted by Gasteiger charge is 2.11. The second-order valence-corrected chi connectivity index (χ2v) is 5.26. The van der Waals surface area contributed by atoms with Gasteiger partial charge in [0.25, 0.3) is 0 Å². The minimum Gasteiger partial charge on any atom is -0.312 e. The SMILES string of the molecule is CNC(CCCc1cccs1)c1ccn(C)n1. The summed E-state index contributed by atoms with van der Waals surface area (Å²) in [6.45, 7) is 0. The van der Waals surface area contributed by atoms with Gasteiger partial charge < -0.3 is 5.32 Å². The first-order valence-corrected chi connectivity index (χ1v) is 6.87. The first-order chi connectivity index (χ1) is 8.29. The molecule has 1 unspecified atom stereocenters. The molecule has 0 amide bonds. The van der Waals surface area contributed by atoms with E-state index >= 15 is 0 Å². The molecule has 0 aliphatic heterocycles. The molecule has 2 heterocycles. The van der Waals surface area contributed by atoms with Crippen molar-refractivity contribution in [2.24, 2.45) is 7.05 Å². The van der Waals surface area contributed by atoms with E-state index in [1.807, 2.05) is 36.3 Å². The highest BCUT2D eigenvalue weighted by molar-refractivity contribution is 7.09. The second kappa shape index (κ2) is 5.98. The van der Waals surface area contributed by atoms with Gasteiger partial charge in [-0.3, -0.25) is 4.68 Å². The smallest absolute Gasteiger partial charge is 0.0793 e. The van der Waals surface area contributed by atoms with E-state index in [2.05, 4.69) is 34.0 Å². The van der Waals surface area contributed by atoms with Gasteiger partial charge in [-0.05, 0) is 43.8 Å². The summed E-state index contributed by atoms with van der Waals surface area (Å²) >= 11 is 1.84. The van der Waals surface area contributed by atoms with Crippen molar-refractivity contribution in [3.63, 3.8) is 0 Å². The Morgan fingerprint density at radius 3 is 2.94 bits per heavy atom. The van der Waals surface area contributed by atoms with E-state index < -0.39 is 0 Å². The molecule has 0 bridgehead atoms. The quantitative estimate of drug-likeness (QED) is 0.853. The van der Waals surface area contributed by atoms with Gasteiger partial charge in [0, 0.05) is 18.1 Å². The Labute approximate surface area is 106 Å². The van der Waals surface area contributed by atoms with Gasteiger partial charge in [-0.1, -0.05) is 6.07 Å². The Balaban J connectivity index is 1.84. The molecular weight excluding hydrogens is 230 g/mol. The molecule has 0 fully saturated rings. The van der Waals surface area contributed by atoms with Crippen LogP contribution in [0.5, 0.6) is 0 Å². The number of nitrogens with zero attached hydrogens (tertiary/aromatic N) is 2. The van der Waals surface area contributed by atoms with Crippen molar-refractivity contribution in [1.29, 1.82) is 0 Å². The highest BCUT2D eigenvalue weighted by atomic mass is 32.1. The Morgan fingerprint density at radius 2 is 2.35 bits per heavy atom. The second-order valence-electron chi connectivity index (χ2n) is 4.23. The number of thiophene rings is 1. The van der Waals surface area contributed by atoms with Crippen molar-refractivity contribution in [3.05, 3.63) is 40.3 Å². The maximum atomic E-state index is 4.45. The van der Waals surface area contributed by atoms with Crippen molar-refractivity contribution < 1.29 is 0 Å². The van der Waals surface area contributed by atoms with E-state index in [-0.39, 0.29) is 0 Å². The summed E-state index contributed by atoms with van der Waals surface area (Å²) in [6, 6.07) is 6.79. The lowest BCUT2D eigenvalue weighted by Crippen LogP contribution is -2.17. The number of nitrogens with one attached hydrogen (secondary N) is 1. The minimum absolute atomic E-state index is 0.371. The molecule has 92 valence electrons. The van der Waals surface area contributed by atoms with Crippen LogP contribution in [0, 0.1) is 0 Å². The zero-order valence-corrected chi connectivity index (χ0v) is 11.2. The molecule has 2 rings (SSSR count). The Bertz CT molecular complexity index is 433. The van der Waals surface area contributed by atoms with E-state index in [4.69, 9.17) is 0 Å². The fourth-order valence-electron chi connectivity index (χ4n) is 1.99. The van der Waals surface area contributed by atoms with E-state index in [9.17, 15) is 0 Å². The molecule has 0 saturated heterocycles. The number of hydrogen-bond donors (Lipinski definition) is 1. The van der Waals surface area contributed by atoms with Gasteiger partial charge in [0.1, 0.15) is 0 Å². The number of aryl methyl sites for hydroxylation is 2. The van der Waals surface area contributed by atoms with E-state index in [1.54, 1.807) is 0 Å². The largest absolute Gasteiger partial charge is 0.312 e. The molecule has 2 aromatic rings.